The second-order valence-corrected chi connectivity index (χ2v) is 6.95. The van der Waals surface area contributed by atoms with Gasteiger partial charge in [-0.3, -0.25) is 4.79 Å². The van der Waals surface area contributed by atoms with E-state index >= 15 is 0 Å². The summed E-state index contributed by atoms with van der Waals surface area (Å²) in [7, 11) is 0. The maximum absolute atomic E-state index is 12.8. The van der Waals surface area contributed by atoms with Crippen LogP contribution in [0.3, 0.4) is 0 Å². The molecule has 0 aromatic rings. The van der Waals surface area contributed by atoms with E-state index in [9.17, 15) is 4.79 Å². The number of hydrogen-bond acceptors (Lipinski definition) is 2. The summed E-state index contributed by atoms with van der Waals surface area (Å²) in [5.41, 5.74) is 6.30. The summed E-state index contributed by atoms with van der Waals surface area (Å²) in [6.45, 7) is 5.44. The Hall–Kier alpha value is -0.570. The van der Waals surface area contributed by atoms with Crippen molar-refractivity contribution in [2.45, 2.75) is 58.0 Å². The molecule has 1 saturated heterocycles. The van der Waals surface area contributed by atoms with Gasteiger partial charge in [-0.15, -0.1) is 0 Å². The molecule has 3 rings (SSSR count). The monoisotopic (exact) mass is 250 g/mol. The van der Waals surface area contributed by atoms with Crippen LogP contribution >= 0.6 is 0 Å². The van der Waals surface area contributed by atoms with E-state index in [0.717, 1.165) is 25.3 Å². The lowest BCUT2D eigenvalue weighted by molar-refractivity contribution is -0.141. The second-order valence-electron chi connectivity index (χ2n) is 6.95. The number of fused-ring (bicyclic) bond motifs is 2. The van der Waals surface area contributed by atoms with Crippen molar-refractivity contribution < 1.29 is 4.79 Å². The molecule has 2 aliphatic carbocycles. The van der Waals surface area contributed by atoms with Gasteiger partial charge in [-0.1, -0.05) is 6.92 Å². The highest BCUT2D eigenvalue weighted by atomic mass is 16.2. The smallest absolute Gasteiger partial charge is 0.227 e. The van der Waals surface area contributed by atoms with Crippen molar-refractivity contribution in [3.05, 3.63) is 0 Å². The molecular weight excluding hydrogens is 224 g/mol. The molecule has 3 heteroatoms. The number of piperidine rings is 1. The van der Waals surface area contributed by atoms with Crippen LogP contribution in [-0.4, -0.2) is 29.4 Å². The Labute approximate surface area is 110 Å². The number of hydrogen-bond donors (Lipinski definition) is 1. The van der Waals surface area contributed by atoms with Crippen LogP contribution in [0.2, 0.25) is 0 Å². The fourth-order valence-electron chi connectivity index (χ4n) is 4.63. The Bertz CT molecular complexity index is 341. The fraction of sp³-hybridized carbons (Fsp3) is 0.933. The van der Waals surface area contributed by atoms with E-state index < -0.39 is 0 Å². The molecule has 6 atom stereocenters. The molecule has 0 aromatic heterocycles. The van der Waals surface area contributed by atoms with Gasteiger partial charge in [-0.05, 0) is 56.8 Å². The van der Waals surface area contributed by atoms with Gasteiger partial charge in [0, 0.05) is 18.6 Å². The minimum absolute atomic E-state index is 0.139. The first-order valence-electron chi connectivity index (χ1n) is 7.64. The number of nitrogens with two attached hydrogens (primary N) is 1. The molecule has 2 saturated carbocycles. The molecule has 1 amide bonds. The van der Waals surface area contributed by atoms with E-state index in [1.165, 1.54) is 19.3 Å². The zero-order valence-electron chi connectivity index (χ0n) is 11.6. The first-order chi connectivity index (χ1) is 8.58. The molecule has 6 unspecified atom stereocenters. The van der Waals surface area contributed by atoms with Crippen LogP contribution in [0.4, 0.5) is 0 Å². The van der Waals surface area contributed by atoms with Gasteiger partial charge in [0.05, 0.1) is 5.92 Å². The summed E-state index contributed by atoms with van der Waals surface area (Å²) in [6.07, 6.45) is 6.00. The van der Waals surface area contributed by atoms with Gasteiger partial charge in [-0.2, -0.15) is 0 Å². The summed E-state index contributed by atoms with van der Waals surface area (Å²) >= 11 is 0. The summed E-state index contributed by atoms with van der Waals surface area (Å²) in [6, 6.07) is 0.551. The van der Waals surface area contributed by atoms with Gasteiger partial charge < -0.3 is 10.6 Å². The normalized spacial score (nSPS) is 47.6. The highest BCUT2D eigenvalue weighted by Gasteiger charge is 2.50. The van der Waals surface area contributed by atoms with E-state index in [2.05, 4.69) is 18.7 Å². The van der Waals surface area contributed by atoms with Crippen molar-refractivity contribution in [3.8, 4) is 0 Å². The topological polar surface area (TPSA) is 46.3 Å². The minimum atomic E-state index is 0.139. The molecule has 18 heavy (non-hydrogen) atoms. The first-order valence-corrected chi connectivity index (χ1v) is 7.64. The quantitative estimate of drug-likeness (QED) is 0.774. The third-order valence-corrected chi connectivity index (χ3v) is 5.69. The molecule has 0 aromatic carbocycles. The zero-order chi connectivity index (χ0) is 12.9. The molecule has 1 heterocycles. The van der Waals surface area contributed by atoms with Crippen molar-refractivity contribution >= 4 is 5.91 Å². The Morgan fingerprint density at radius 3 is 2.44 bits per heavy atom. The molecule has 1 aliphatic heterocycles. The number of nitrogens with zero attached hydrogens (tertiary/aromatic N) is 1. The molecule has 2 bridgehead atoms. The Morgan fingerprint density at radius 1 is 1.11 bits per heavy atom. The number of carbonyl (C=O) groups excluding carboxylic acids is 1. The van der Waals surface area contributed by atoms with Crippen LogP contribution < -0.4 is 5.73 Å². The number of likely N-dealkylation sites (tertiary alicyclic amines) is 1. The molecule has 102 valence electrons. The van der Waals surface area contributed by atoms with Gasteiger partial charge >= 0.3 is 0 Å². The van der Waals surface area contributed by atoms with E-state index in [-0.39, 0.29) is 12.0 Å². The number of amides is 1. The standard InChI is InChI=1S/C15H26N2O/c1-9-5-6-17(10(2)7-9)15(18)13-11-3-4-12(8-11)14(13)16/h9-14H,3-8,16H2,1-2H3. The van der Waals surface area contributed by atoms with Gasteiger partial charge in [0.2, 0.25) is 5.91 Å². The number of rotatable bonds is 1. The van der Waals surface area contributed by atoms with Crippen molar-refractivity contribution in [2.24, 2.45) is 29.4 Å². The van der Waals surface area contributed by atoms with Gasteiger partial charge in [0.15, 0.2) is 0 Å². The average Bonchev–Trinajstić information content (AvgIpc) is 2.88. The van der Waals surface area contributed by atoms with Crippen molar-refractivity contribution in [1.29, 1.82) is 0 Å². The second kappa shape index (κ2) is 4.52. The third-order valence-electron chi connectivity index (χ3n) is 5.69. The summed E-state index contributed by atoms with van der Waals surface area (Å²) in [5.74, 6) is 2.48. The lowest BCUT2D eigenvalue weighted by atomic mass is 9.82. The van der Waals surface area contributed by atoms with E-state index in [1.54, 1.807) is 0 Å². The van der Waals surface area contributed by atoms with Crippen LogP contribution in [0.1, 0.15) is 46.0 Å². The van der Waals surface area contributed by atoms with E-state index in [4.69, 9.17) is 5.73 Å². The first kappa shape index (κ1) is 12.5. The van der Waals surface area contributed by atoms with Gasteiger partial charge in [0.25, 0.3) is 0 Å². The predicted molar refractivity (Wildman–Crippen MR) is 71.9 cm³/mol. The molecule has 3 nitrogen and oxygen atoms in total. The lowest BCUT2D eigenvalue weighted by Crippen LogP contribution is -2.52. The molecular formula is C15H26N2O. The van der Waals surface area contributed by atoms with E-state index in [1.807, 2.05) is 0 Å². The highest BCUT2D eigenvalue weighted by molar-refractivity contribution is 5.81. The molecule has 2 N–H and O–H groups in total. The van der Waals surface area contributed by atoms with Crippen molar-refractivity contribution in [1.82, 2.24) is 4.90 Å². The Balaban J connectivity index is 1.71. The Morgan fingerprint density at radius 2 is 1.83 bits per heavy atom. The maximum Gasteiger partial charge on any atom is 0.227 e. The van der Waals surface area contributed by atoms with Crippen LogP contribution in [0.5, 0.6) is 0 Å². The van der Waals surface area contributed by atoms with Crippen molar-refractivity contribution in [2.75, 3.05) is 6.54 Å². The molecule has 0 radical (unpaired) electrons. The zero-order valence-corrected chi connectivity index (χ0v) is 11.6. The SMILES string of the molecule is CC1CCN(C(=O)C2C3CCC(C3)C2N)C(C)C1. The van der Waals surface area contributed by atoms with Crippen LogP contribution in [-0.2, 0) is 4.79 Å². The van der Waals surface area contributed by atoms with E-state index in [0.29, 0.717) is 23.8 Å². The largest absolute Gasteiger partial charge is 0.340 e. The third kappa shape index (κ3) is 1.87. The number of carbonyl (C=O) groups is 1. The summed E-state index contributed by atoms with van der Waals surface area (Å²) < 4.78 is 0. The average molecular weight is 250 g/mol. The summed E-state index contributed by atoms with van der Waals surface area (Å²) in [5, 5.41) is 0. The van der Waals surface area contributed by atoms with Gasteiger partial charge in [0.1, 0.15) is 0 Å². The predicted octanol–water partition coefficient (Wildman–Crippen LogP) is 2.01. The van der Waals surface area contributed by atoms with Gasteiger partial charge in [-0.25, -0.2) is 0 Å². The van der Waals surface area contributed by atoms with Crippen LogP contribution in [0, 0.1) is 23.7 Å². The van der Waals surface area contributed by atoms with Crippen LogP contribution in [0.25, 0.3) is 0 Å². The lowest BCUT2D eigenvalue weighted by Gasteiger charge is -2.40. The Kier molecular flexibility index (Phi) is 3.13. The highest BCUT2D eigenvalue weighted by Crippen LogP contribution is 2.48. The minimum Gasteiger partial charge on any atom is -0.340 e. The molecule has 0 spiro atoms. The maximum atomic E-state index is 12.8. The molecule has 3 fully saturated rings. The summed E-state index contributed by atoms with van der Waals surface area (Å²) in [4.78, 5) is 14.9. The van der Waals surface area contributed by atoms with Crippen LogP contribution in [0.15, 0.2) is 0 Å². The molecule has 3 aliphatic rings. The van der Waals surface area contributed by atoms with Crippen molar-refractivity contribution in [3.63, 3.8) is 0 Å². The fourth-order valence-corrected chi connectivity index (χ4v) is 4.63.